The fourth-order valence-electron chi connectivity index (χ4n) is 2.38. The molecule has 0 aromatic heterocycles. The lowest BCUT2D eigenvalue weighted by atomic mass is 9.89. The normalized spacial score (nSPS) is 21.7. The van der Waals surface area contributed by atoms with Crippen LogP contribution in [0, 0.1) is 17.2 Å². The molecule has 16 heavy (non-hydrogen) atoms. The minimum atomic E-state index is -0.666. The molecule has 2 N–H and O–H groups in total. The molecule has 0 radical (unpaired) electrons. The quantitative estimate of drug-likeness (QED) is 0.777. The van der Waals surface area contributed by atoms with Gasteiger partial charge in [0.15, 0.2) is 0 Å². The van der Waals surface area contributed by atoms with E-state index < -0.39 is 5.54 Å². The molecule has 1 atom stereocenters. The van der Waals surface area contributed by atoms with Crippen LogP contribution in [0.2, 0.25) is 0 Å². The van der Waals surface area contributed by atoms with Gasteiger partial charge in [-0.3, -0.25) is 0 Å². The molecule has 0 aromatic rings. The summed E-state index contributed by atoms with van der Waals surface area (Å²) in [6, 6.07) is 2.15. The highest BCUT2D eigenvalue weighted by Crippen LogP contribution is 2.24. The minimum absolute atomic E-state index is 0.666. The van der Waals surface area contributed by atoms with E-state index in [2.05, 4.69) is 18.0 Å². The Kier molecular flexibility index (Phi) is 5.24. The molecule has 1 fully saturated rings. The van der Waals surface area contributed by atoms with Gasteiger partial charge >= 0.3 is 0 Å². The Morgan fingerprint density at radius 2 is 2.00 bits per heavy atom. The zero-order valence-corrected chi connectivity index (χ0v) is 10.7. The summed E-state index contributed by atoms with van der Waals surface area (Å²) >= 11 is 0. The van der Waals surface area contributed by atoms with Gasteiger partial charge in [-0.25, -0.2) is 0 Å². The van der Waals surface area contributed by atoms with E-state index in [0.717, 1.165) is 18.9 Å². The van der Waals surface area contributed by atoms with E-state index in [1.54, 1.807) is 6.92 Å². The second-order valence-corrected chi connectivity index (χ2v) is 5.55. The maximum absolute atomic E-state index is 8.83. The maximum atomic E-state index is 8.83. The van der Waals surface area contributed by atoms with E-state index in [1.807, 2.05) is 0 Å². The summed E-state index contributed by atoms with van der Waals surface area (Å²) in [7, 11) is 2.14. The van der Waals surface area contributed by atoms with E-state index >= 15 is 0 Å². The second-order valence-electron chi connectivity index (χ2n) is 5.55. The molecule has 1 saturated carbocycles. The average Bonchev–Trinajstić information content (AvgIpc) is 2.28. The first kappa shape index (κ1) is 13.5. The third kappa shape index (κ3) is 4.96. The number of nitriles is 1. The molecule has 3 nitrogen and oxygen atoms in total. The fraction of sp³-hybridized carbons (Fsp3) is 0.923. The summed E-state index contributed by atoms with van der Waals surface area (Å²) in [5.74, 6) is 0.866. The van der Waals surface area contributed by atoms with Gasteiger partial charge in [0.05, 0.1) is 6.07 Å². The summed E-state index contributed by atoms with van der Waals surface area (Å²) in [4.78, 5) is 2.33. The average molecular weight is 223 g/mol. The first-order valence-corrected chi connectivity index (χ1v) is 6.42. The molecular weight excluding hydrogens is 198 g/mol. The second kappa shape index (κ2) is 6.22. The topological polar surface area (TPSA) is 53.0 Å². The van der Waals surface area contributed by atoms with Crippen molar-refractivity contribution in [2.45, 2.75) is 51.0 Å². The summed E-state index contributed by atoms with van der Waals surface area (Å²) in [6.45, 7) is 3.90. The van der Waals surface area contributed by atoms with Crippen molar-refractivity contribution in [2.75, 3.05) is 20.1 Å². The van der Waals surface area contributed by atoms with E-state index in [4.69, 9.17) is 11.0 Å². The molecule has 1 rings (SSSR count). The maximum Gasteiger partial charge on any atom is 0.102 e. The number of nitrogens with two attached hydrogens (primary N) is 1. The number of rotatable bonds is 5. The largest absolute Gasteiger partial charge is 0.314 e. The summed E-state index contributed by atoms with van der Waals surface area (Å²) in [5.41, 5.74) is 5.14. The van der Waals surface area contributed by atoms with Crippen LogP contribution in [0.4, 0.5) is 0 Å². The lowest BCUT2D eigenvalue weighted by molar-refractivity contribution is 0.224. The van der Waals surface area contributed by atoms with E-state index in [1.165, 1.54) is 38.6 Å². The van der Waals surface area contributed by atoms with Crippen molar-refractivity contribution in [2.24, 2.45) is 11.7 Å². The number of hydrogen-bond acceptors (Lipinski definition) is 3. The summed E-state index contributed by atoms with van der Waals surface area (Å²) < 4.78 is 0. The molecule has 3 heteroatoms. The zero-order valence-electron chi connectivity index (χ0n) is 10.7. The predicted molar refractivity (Wildman–Crippen MR) is 66.9 cm³/mol. The van der Waals surface area contributed by atoms with Gasteiger partial charge in [-0.15, -0.1) is 0 Å². The Morgan fingerprint density at radius 1 is 1.38 bits per heavy atom. The standard InChI is InChI=1S/C13H25N3/c1-13(15,11-14)8-9-16(2)10-12-6-4-3-5-7-12/h12H,3-10,15H2,1-2H3. The Balaban J connectivity index is 2.20. The van der Waals surface area contributed by atoms with Crippen molar-refractivity contribution in [3.05, 3.63) is 0 Å². The van der Waals surface area contributed by atoms with Gasteiger partial charge in [0, 0.05) is 13.1 Å². The molecule has 0 aromatic carbocycles. The molecule has 1 aliphatic rings. The van der Waals surface area contributed by atoms with Crippen LogP contribution < -0.4 is 5.73 Å². The van der Waals surface area contributed by atoms with Crippen molar-refractivity contribution in [3.63, 3.8) is 0 Å². The third-order valence-corrected chi connectivity index (χ3v) is 3.56. The van der Waals surface area contributed by atoms with Crippen LogP contribution in [0.5, 0.6) is 0 Å². The van der Waals surface area contributed by atoms with E-state index in [9.17, 15) is 0 Å². The highest BCUT2D eigenvalue weighted by Gasteiger charge is 2.19. The molecular formula is C13H25N3. The van der Waals surface area contributed by atoms with Gasteiger partial charge in [-0.1, -0.05) is 19.3 Å². The molecule has 1 aliphatic carbocycles. The molecule has 1 unspecified atom stereocenters. The van der Waals surface area contributed by atoms with Crippen LogP contribution in [-0.4, -0.2) is 30.6 Å². The van der Waals surface area contributed by atoms with Crippen molar-refractivity contribution < 1.29 is 0 Å². The van der Waals surface area contributed by atoms with Crippen molar-refractivity contribution in [3.8, 4) is 6.07 Å². The molecule has 0 heterocycles. The molecule has 0 bridgehead atoms. The SMILES string of the molecule is CN(CCC(C)(N)C#N)CC1CCCCC1. The van der Waals surface area contributed by atoms with Crippen LogP contribution in [-0.2, 0) is 0 Å². The Morgan fingerprint density at radius 3 is 2.56 bits per heavy atom. The van der Waals surface area contributed by atoms with E-state index in [0.29, 0.717) is 0 Å². The van der Waals surface area contributed by atoms with Gasteiger partial charge < -0.3 is 10.6 Å². The van der Waals surface area contributed by atoms with Gasteiger partial charge in [0.1, 0.15) is 5.54 Å². The van der Waals surface area contributed by atoms with Crippen molar-refractivity contribution in [1.29, 1.82) is 5.26 Å². The van der Waals surface area contributed by atoms with Gasteiger partial charge in [0.25, 0.3) is 0 Å². The van der Waals surface area contributed by atoms with Crippen LogP contribution in [0.3, 0.4) is 0 Å². The van der Waals surface area contributed by atoms with Crippen LogP contribution >= 0.6 is 0 Å². The zero-order chi connectivity index (χ0) is 12.0. The molecule has 0 amide bonds. The number of nitrogens with zero attached hydrogens (tertiary/aromatic N) is 2. The fourth-order valence-corrected chi connectivity index (χ4v) is 2.38. The summed E-state index contributed by atoms with van der Waals surface area (Å²) in [5, 5.41) is 8.83. The van der Waals surface area contributed by atoms with Crippen LogP contribution in [0.15, 0.2) is 0 Å². The predicted octanol–water partition coefficient (Wildman–Crippen LogP) is 2.13. The smallest absolute Gasteiger partial charge is 0.102 e. The summed E-state index contributed by atoms with van der Waals surface area (Å²) in [6.07, 6.45) is 7.71. The third-order valence-electron chi connectivity index (χ3n) is 3.56. The van der Waals surface area contributed by atoms with Gasteiger partial charge in [0.2, 0.25) is 0 Å². The molecule has 0 saturated heterocycles. The monoisotopic (exact) mass is 223 g/mol. The lowest BCUT2D eigenvalue weighted by Gasteiger charge is -2.28. The first-order chi connectivity index (χ1) is 7.53. The highest BCUT2D eigenvalue weighted by molar-refractivity contribution is 5.01. The lowest BCUT2D eigenvalue weighted by Crippen LogP contribution is -2.39. The Hall–Kier alpha value is -0.590. The minimum Gasteiger partial charge on any atom is -0.314 e. The van der Waals surface area contributed by atoms with Gasteiger partial charge in [-0.2, -0.15) is 5.26 Å². The molecule has 92 valence electrons. The van der Waals surface area contributed by atoms with Crippen LogP contribution in [0.25, 0.3) is 0 Å². The number of hydrogen-bond donors (Lipinski definition) is 1. The van der Waals surface area contributed by atoms with Crippen LogP contribution in [0.1, 0.15) is 45.4 Å². The molecule has 0 aliphatic heterocycles. The Bertz CT molecular complexity index is 236. The van der Waals surface area contributed by atoms with Crippen molar-refractivity contribution >= 4 is 0 Å². The van der Waals surface area contributed by atoms with Gasteiger partial charge in [-0.05, 0) is 39.2 Å². The Labute approximate surface area is 99.6 Å². The molecule has 0 spiro atoms. The highest BCUT2D eigenvalue weighted by atomic mass is 15.1. The van der Waals surface area contributed by atoms with Crippen molar-refractivity contribution in [1.82, 2.24) is 4.90 Å². The first-order valence-electron chi connectivity index (χ1n) is 6.42. The van der Waals surface area contributed by atoms with E-state index in [-0.39, 0.29) is 0 Å².